The van der Waals surface area contributed by atoms with Gasteiger partial charge in [0.15, 0.2) is 0 Å². The van der Waals surface area contributed by atoms with E-state index in [1.807, 2.05) is 0 Å². The lowest BCUT2D eigenvalue weighted by molar-refractivity contribution is 0.122. The van der Waals surface area contributed by atoms with Gasteiger partial charge in [0.2, 0.25) is 0 Å². The summed E-state index contributed by atoms with van der Waals surface area (Å²) in [6.45, 7) is 8.17. The van der Waals surface area contributed by atoms with E-state index >= 15 is 0 Å². The van der Waals surface area contributed by atoms with Crippen LogP contribution in [0.3, 0.4) is 0 Å². The maximum absolute atomic E-state index is 6.27. The van der Waals surface area contributed by atoms with E-state index in [0.717, 1.165) is 19.6 Å². The minimum Gasteiger partial charge on any atom is -0.327 e. The summed E-state index contributed by atoms with van der Waals surface area (Å²) >= 11 is 0. The quantitative estimate of drug-likeness (QED) is 0.794. The maximum atomic E-state index is 6.27. The second kappa shape index (κ2) is 6.17. The van der Waals surface area contributed by atoms with E-state index in [4.69, 9.17) is 5.73 Å². The van der Waals surface area contributed by atoms with Crippen molar-refractivity contribution in [2.24, 2.45) is 17.1 Å². The van der Waals surface area contributed by atoms with Gasteiger partial charge >= 0.3 is 0 Å². The average Bonchev–Trinajstić information content (AvgIpc) is 2.20. The summed E-state index contributed by atoms with van der Waals surface area (Å²) in [7, 11) is 6.48. The van der Waals surface area contributed by atoms with Crippen LogP contribution in [0.15, 0.2) is 0 Å². The zero-order valence-corrected chi connectivity index (χ0v) is 12.4. The summed E-state index contributed by atoms with van der Waals surface area (Å²) in [6, 6.07) is 0.407. The smallest absolute Gasteiger partial charge is 0.0106 e. The monoisotopic (exact) mass is 241 g/mol. The highest BCUT2D eigenvalue weighted by molar-refractivity contribution is 4.88. The van der Waals surface area contributed by atoms with E-state index in [2.05, 4.69) is 44.8 Å². The van der Waals surface area contributed by atoms with Crippen LogP contribution in [0.25, 0.3) is 0 Å². The van der Waals surface area contributed by atoms with Crippen LogP contribution in [-0.4, -0.2) is 56.6 Å². The van der Waals surface area contributed by atoms with Gasteiger partial charge in [-0.05, 0) is 51.7 Å². The summed E-state index contributed by atoms with van der Waals surface area (Å²) in [5.41, 5.74) is 6.76. The highest BCUT2D eigenvalue weighted by Gasteiger charge is 2.33. The Labute approximate surface area is 107 Å². The van der Waals surface area contributed by atoms with Crippen molar-refractivity contribution in [3.05, 3.63) is 0 Å². The Morgan fingerprint density at radius 3 is 2.41 bits per heavy atom. The molecule has 2 N–H and O–H groups in total. The fraction of sp³-hybridized carbons (Fsp3) is 1.00. The molecule has 2 atom stereocenters. The molecule has 17 heavy (non-hydrogen) atoms. The SMILES string of the molecule is CN(C)CCN(C)CC1CC(C)(C)CCC1N. The summed E-state index contributed by atoms with van der Waals surface area (Å²) in [6.07, 6.45) is 3.76. The minimum atomic E-state index is 0.407. The number of nitrogens with zero attached hydrogens (tertiary/aromatic N) is 2. The van der Waals surface area contributed by atoms with E-state index in [1.165, 1.54) is 19.3 Å². The van der Waals surface area contributed by atoms with Gasteiger partial charge in [-0.15, -0.1) is 0 Å². The normalized spacial score (nSPS) is 28.9. The molecule has 0 spiro atoms. The van der Waals surface area contributed by atoms with Crippen LogP contribution in [0.2, 0.25) is 0 Å². The molecule has 2 unspecified atom stereocenters. The van der Waals surface area contributed by atoms with Gasteiger partial charge in [-0.2, -0.15) is 0 Å². The summed E-state index contributed by atoms with van der Waals surface area (Å²) < 4.78 is 0. The van der Waals surface area contributed by atoms with Gasteiger partial charge in [0.25, 0.3) is 0 Å². The molecule has 102 valence electrons. The number of rotatable bonds is 5. The molecule has 1 saturated carbocycles. The highest BCUT2D eigenvalue weighted by Crippen LogP contribution is 2.38. The van der Waals surface area contributed by atoms with Crippen LogP contribution in [0.1, 0.15) is 33.1 Å². The molecule has 0 aromatic carbocycles. The van der Waals surface area contributed by atoms with Crippen LogP contribution in [0, 0.1) is 11.3 Å². The molecule has 0 radical (unpaired) electrons. The first kappa shape index (κ1) is 14.9. The predicted octanol–water partition coefficient (Wildman–Crippen LogP) is 1.63. The molecule has 0 saturated heterocycles. The molecule has 3 heteroatoms. The Morgan fingerprint density at radius 1 is 1.18 bits per heavy atom. The van der Waals surface area contributed by atoms with Crippen LogP contribution < -0.4 is 5.73 Å². The van der Waals surface area contributed by atoms with Crippen molar-refractivity contribution in [2.45, 2.75) is 39.2 Å². The van der Waals surface area contributed by atoms with Gasteiger partial charge in [0, 0.05) is 25.7 Å². The standard InChI is InChI=1S/C14H31N3/c1-14(2)7-6-13(15)12(10-14)11-17(5)9-8-16(3)4/h12-13H,6-11,15H2,1-5H3. The molecule has 0 heterocycles. The third kappa shape index (κ3) is 5.36. The van der Waals surface area contributed by atoms with Crippen molar-refractivity contribution >= 4 is 0 Å². The van der Waals surface area contributed by atoms with Gasteiger partial charge in [-0.3, -0.25) is 0 Å². The van der Waals surface area contributed by atoms with Crippen LogP contribution in [0.5, 0.6) is 0 Å². The number of likely N-dealkylation sites (N-methyl/N-ethyl adjacent to an activating group) is 2. The van der Waals surface area contributed by atoms with E-state index in [9.17, 15) is 0 Å². The molecule has 1 rings (SSSR count). The predicted molar refractivity (Wildman–Crippen MR) is 75.1 cm³/mol. The second-order valence-electron chi connectivity index (χ2n) is 6.90. The third-order valence-electron chi connectivity index (χ3n) is 4.05. The van der Waals surface area contributed by atoms with Crippen LogP contribution in [-0.2, 0) is 0 Å². The van der Waals surface area contributed by atoms with E-state index in [1.54, 1.807) is 0 Å². The second-order valence-corrected chi connectivity index (χ2v) is 6.90. The van der Waals surface area contributed by atoms with Gasteiger partial charge in [0.05, 0.1) is 0 Å². The first-order chi connectivity index (χ1) is 7.80. The van der Waals surface area contributed by atoms with Crippen molar-refractivity contribution in [1.82, 2.24) is 9.80 Å². The van der Waals surface area contributed by atoms with E-state index in [0.29, 0.717) is 17.4 Å². The summed E-state index contributed by atoms with van der Waals surface area (Å²) in [4.78, 5) is 4.67. The largest absolute Gasteiger partial charge is 0.327 e. The molecule has 1 fully saturated rings. The molecule has 1 aliphatic carbocycles. The van der Waals surface area contributed by atoms with Crippen molar-refractivity contribution < 1.29 is 0 Å². The molecule has 0 aromatic rings. The first-order valence-corrected chi connectivity index (χ1v) is 6.89. The highest BCUT2D eigenvalue weighted by atomic mass is 15.1. The Hall–Kier alpha value is -0.120. The Kier molecular flexibility index (Phi) is 5.42. The number of nitrogens with two attached hydrogens (primary N) is 1. The molecule has 1 aliphatic rings. The Balaban J connectivity index is 2.38. The minimum absolute atomic E-state index is 0.407. The number of hydrogen-bond acceptors (Lipinski definition) is 3. The molecule has 3 nitrogen and oxygen atoms in total. The van der Waals surface area contributed by atoms with Crippen LogP contribution in [0.4, 0.5) is 0 Å². The Bertz CT molecular complexity index is 226. The molecular weight excluding hydrogens is 210 g/mol. The first-order valence-electron chi connectivity index (χ1n) is 6.89. The van der Waals surface area contributed by atoms with Crippen molar-refractivity contribution in [1.29, 1.82) is 0 Å². The molecule has 0 aromatic heterocycles. The third-order valence-corrected chi connectivity index (χ3v) is 4.05. The zero-order chi connectivity index (χ0) is 13.1. The van der Waals surface area contributed by atoms with Gasteiger partial charge in [0.1, 0.15) is 0 Å². The average molecular weight is 241 g/mol. The molecule has 0 aliphatic heterocycles. The zero-order valence-electron chi connectivity index (χ0n) is 12.4. The summed E-state index contributed by atoms with van der Waals surface area (Å²) in [5.74, 6) is 0.672. The van der Waals surface area contributed by atoms with Crippen molar-refractivity contribution in [3.8, 4) is 0 Å². The Morgan fingerprint density at radius 2 is 1.82 bits per heavy atom. The van der Waals surface area contributed by atoms with E-state index in [-0.39, 0.29) is 0 Å². The van der Waals surface area contributed by atoms with Gasteiger partial charge in [-0.1, -0.05) is 13.8 Å². The lowest BCUT2D eigenvalue weighted by Crippen LogP contribution is -2.45. The fourth-order valence-electron chi connectivity index (χ4n) is 2.82. The van der Waals surface area contributed by atoms with Gasteiger partial charge in [-0.25, -0.2) is 0 Å². The summed E-state index contributed by atoms with van der Waals surface area (Å²) in [5, 5.41) is 0. The van der Waals surface area contributed by atoms with Gasteiger partial charge < -0.3 is 15.5 Å². The van der Waals surface area contributed by atoms with E-state index < -0.39 is 0 Å². The van der Waals surface area contributed by atoms with Crippen LogP contribution >= 0.6 is 0 Å². The number of hydrogen-bond donors (Lipinski definition) is 1. The molecule has 0 amide bonds. The molecule has 0 bridgehead atoms. The lowest BCUT2D eigenvalue weighted by atomic mass is 9.70. The van der Waals surface area contributed by atoms with Crippen molar-refractivity contribution in [2.75, 3.05) is 40.8 Å². The van der Waals surface area contributed by atoms with Crippen molar-refractivity contribution in [3.63, 3.8) is 0 Å². The fourth-order valence-corrected chi connectivity index (χ4v) is 2.82. The molecular formula is C14H31N3. The maximum Gasteiger partial charge on any atom is 0.0106 e. The lowest BCUT2D eigenvalue weighted by Gasteiger charge is -2.40. The topological polar surface area (TPSA) is 32.5 Å².